The van der Waals surface area contributed by atoms with Crippen LogP contribution in [-0.2, 0) is 22.6 Å². The van der Waals surface area contributed by atoms with Gasteiger partial charge in [0.15, 0.2) is 6.10 Å². The van der Waals surface area contributed by atoms with E-state index in [0.29, 0.717) is 23.1 Å². The number of benzene rings is 2. The predicted octanol–water partition coefficient (Wildman–Crippen LogP) is 4.71. The van der Waals surface area contributed by atoms with Gasteiger partial charge >= 0.3 is 5.97 Å². The van der Waals surface area contributed by atoms with Crippen molar-refractivity contribution < 1.29 is 28.2 Å². The molecular formula is C23H24FNO5. The number of aliphatic carboxylic acids is 1. The molecule has 0 aliphatic rings. The van der Waals surface area contributed by atoms with Crippen molar-refractivity contribution in [1.29, 1.82) is 0 Å². The normalized spacial score (nSPS) is 12.0. The second kappa shape index (κ2) is 9.54. The van der Waals surface area contributed by atoms with Crippen LogP contribution >= 0.6 is 0 Å². The SMILES string of the molecule is CCOC(Cc1ccc(OCc2nc(-c3ccccc3C)oc2C)cc1F)C(=O)O. The number of hydrogen-bond acceptors (Lipinski definition) is 5. The molecular weight excluding hydrogens is 389 g/mol. The molecule has 1 unspecified atom stereocenters. The maximum atomic E-state index is 14.4. The van der Waals surface area contributed by atoms with Gasteiger partial charge in [0.05, 0.1) is 0 Å². The van der Waals surface area contributed by atoms with Crippen molar-refractivity contribution in [2.45, 2.75) is 39.9 Å². The molecule has 3 aromatic rings. The Balaban J connectivity index is 1.69. The number of aromatic nitrogens is 1. The number of carbonyl (C=O) groups is 1. The molecule has 3 rings (SSSR count). The fourth-order valence-electron chi connectivity index (χ4n) is 3.04. The Kier molecular flexibility index (Phi) is 6.84. The summed E-state index contributed by atoms with van der Waals surface area (Å²) in [7, 11) is 0. The van der Waals surface area contributed by atoms with Crippen molar-refractivity contribution in [2.75, 3.05) is 6.61 Å². The number of oxazole rings is 1. The third kappa shape index (κ3) is 5.04. The summed E-state index contributed by atoms with van der Waals surface area (Å²) in [4.78, 5) is 15.7. The van der Waals surface area contributed by atoms with Gasteiger partial charge in [-0.3, -0.25) is 0 Å². The molecule has 0 aliphatic carbocycles. The van der Waals surface area contributed by atoms with E-state index < -0.39 is 17.9 Å². The zero-order valence-corrected chi connectivity index (χ0v) is 17.1. The molecule has 0 spiro atoms. The number of hydrogen-bond donors (Lipinski definition) is 1. The van der Waals surface area contributed by atoms with Crippen LogP contribution in [0.15, 0.2) is 46.9 Å². The molecule has 1 heterocycles. The van der Waals surface area contributed by atoms with Crippen LogP contribution in [0.1, 0.15) is 29.5 Å². The third-order valence-corrected chi connectivity index (χ3v) is 4.72. The Labute approximate surface area is 174 Å². The van der Waals surface area contributed by atoms with Gasteiger partial charge in [0.1, 0.15) is 29.6 Å². The summed E-state index contributed by atoms with van der Waals surface area (Å²) in [5.74, 6) is -0.203. The average molecular weight is 413 g/mol. The molecule has 0 amide bonds. The van der Waals surface area contributed by atoms with Gasteiger partial charge in [-0.2, -0.15) is 0 Å². The highest BCUT2D eigenvalue weighted by molar-refractivity contribution is 5.72. The van der Waals surface area contributed by atoms with E-state index >= 15 is 0 Å². The van der Waals surface area contributed by atoms with E-state index in [0.717, 1.165) is 11.1 Å². The predicted molar refractivity (Wildman–Crippen MR) is 109 cm³/mol. The lowest BCUT2D eigenvalue weighted by Crippen LogP contribution is -2.26. The summed E-state index contributed by atoms with van der Waals surface area (Å²) in [5, 5.41) is 9.16. The number of nitrogens with zero attached hydrogens (tertiary/aromatic N) is 1. The largest absolute Gasteiger partial charge is 0.487 e. The van der Waals surface area contributed by atoms with E-state index in [1.54, 1.807) is 19.9 Å². The number of ether oxygens (including phenoxy) is 2. The van der Waals surface area contributed by atoms with Crippen molar-refractivity contribution >= 4 is 5.97 Å². The van der Waals surface area contributed by atoms with Crippen LogP contribution in [0.4, 0.5) is 4.39 Å². The number of carboxylic acid groups (broad SMARTS) is 1. The second-order valence-electron chi connectivity index (χ2n) is 6.87. The van der Waals surface area contributed by atoms with E-state index in [1.165, 1.54) is 12.1 Å². The number of aryl methyl sites for hydroxylation is 2. The average Bonchev–Trinajstić information content (AvgIpc) is 3.08. The minimum Gasteiger partial charge on any atom is -0.487 e. The van der Waals surface area contributed by atoms with Gasteiger partial charge in [0.2, 0.25) is 5.89 Å². The summed E-state index contributed by atoms with van der Waals surface area (Å²) in [6.07, 6.45) is -1.15. The minimum absolute atomic E-state index is 0.0581. The molecule has 0 radical (unpaired) electrons. The van der Waals surface area contributed by atoms with Gasteiger partial charge in [0.25, 0.3) is 0 Å². The molecule has 0 fully saturated rings. The lowest BCUT2D eigenvalue weighted by molar-refractivity contribution is -0.150. The zero-order chi connectivity index (χ0) is 21.7. The fraction of sp³-hybridized carbons (Fsp3) is 0.304. The Morgan fingerprint density at radius 2 is 2.00 bits per heavy atom. The summed E-state index contributed by atoms with van der Waals surface area (Å²) >= 11 is 0. The number of halogens is 1. The third-order valence-electron chi connectivity index (χ3n) is 4.72. The van der Waals surface area contributed by atoms with E-state index in [-0.39, 0.29) is 25.2 Å². The Hall–Kier alpha value is -3.19. The van der Waals surface area contributed by atoms with Gasteiger partial charge in [-0.15, -0.1) is 0 Å². The first kappa shape index (κ1) is 21.5. The van der Waals surface area contributed by atoms with E-state index in [9.17, 15) is 9.18 Å². The second-order valence-corrected chi connectivity index (χ2v) is 6.87. The molecule has 7 heteroatoms. The van der Waals surface area contributed by atoms with Crippen LogP contribution in [0.5, 0.6) is 5.75 Å². The molecule has 0 bridgehead atoms. The van der Waals surface area contributed by atoms with Crippen LogP contribution in [0.25, 0.3) is 11.5 Å². The summed E-state index contributed by atoms with van der Waals surface area (Å²) in [5.41, 5.74) is 2.84. The molecule has 2 aromatic carbocycles. The van der Waals surface area contributed by atoms with E-state index in [4.69, 9.17) is 19.0 Å². The quantitative estimate of drug-likeness (QED) is 0.547. The maximum Gasteiger partial charge on any atom is 0.333 e. The highest BCUT2D eigenvalue weighted by Crippen LogP contribution is 2.26. The Bertz CT molecular complexity index is 1030. The maximum absolute atomic E-state index is 14.4. The van der Waals surface area contributed by atoms with Gasteiger partial charge in [-0.05, 0) is 44.0 Å². The fourth-order valence-corrected chi connectivity index (χ4v) is 3.04. The number of carboxylic acids is 1. The highest BCUT2D eigenvalue weighted by Gasteiger charge is 2.20. The van der Waals surface area contributed by atoms with Gasteiger partial charge in [-0.25, -0.2) is 14.2 Å². The lowest BCUT2D eigenvalue weighted by Gasteiger charge is -2.13. The molecule has 1 aromatic heterocycles. The van der Waals surface area contributed by atoms with Crippen molar-refractivity contribution in [3.63, 3.8) is 0 Å². The Morgan fingerprint density at radius 1 is 1.23 bits per heavy atom. The summed E-state index contributed by atoms with van der Waals surface area (Å²) in [6.45, 7) is 5.84. The van der Waals surface area contributed by atoms with Crippen molar-refractivity contribution in [3.05, 3.63) is 70.9 Å². The van der Waals surface area contributed by atoms with E-state index in [2.05, 4.69) is 4.98 Å². The molecule has 1 N–H and O–H groups in total. The molecule has 158 valence electrons. The van der Waals surface area contributed by atoms with Crippen LogP contribution < -0.4 is 4.74 Å². The van der Waals surface area contributed by atoms with E-state index in [1.807, 2.05) is 31.2 Å². The van der Waals surface area contributed by atoms with Gasteiger partial charge < -0.3 is 19.0 Å². The van der Waals surface area contributed by atoms with Crippen molar-refractivity contribution in [2.24, 2.45) is 0 Å². The molecule has 0 saturated carbocycles. The lowest BCUT2D eigenvalue weighted by atomic mass is 10.1. The van der Waals surface area contributed by atoms with Crippen LogP contribution in [0, 0.1) is 19.7 Å². The Morgan fingerprint density at radius 3 is 2.67 bits per heavy atom. The van der Waals surface area contributed by atoms with Crippen molar-refractivity contribution in [3.8, 4) is 17.2 Å². The monoisotopic (exact) mass is 413 g/mol. The summed E-state index contributed by atoms with van der Waals surface area (Å²) in [6, 6.07) is 12.1. The molecule has 0 saturated heterocycles. The van der Waals surface area contributed by atoms with Gasteiger partial charge in [0, 0.05) is 24.7 Å². The molecule has 30 heavy (non-hydrogen) atoms. The smallest absolute Gasteiger partial charge is 0.333 e. The topological polar surface area (TPSA) is 81.8 Å². The van der Waals surface area contributed by atoms with Crippen LogP contribution in [-0.4, -0.2) is 28.8 Å². The zero-order valence-electron chi connectivity index (χ0n) is 17.1. The molecule has 6 nitrogen and oxygen atoms in total. The summed E-state index contributed by atoms with van der Waals surface area (Å²) < 4.78 is 31.0. The first-order valence-electron chi connectivity index (χ1n) is 9.67. The first-order chi connectivity index (χ1) is 14.4. The van der Waals surface area contributed by atoms with Crippen molar-refractivity contribution in [1.82, 2.24) is 4.98 Å². The number of rotatable bonds is 9. The van der Waals surface area contributed by atoms with Crippen LogP contribution in [0.2, 0.25) is 0 Å². The molecule has 1 atom stereocenters. The first-order valence-corrected chi connectivity index (χ1v) is 9.67. The molecule has 0 aliphatic heterocycles. The standard InChI is InChI=1S/C23H24FNO5/c1-4-28-21(23(26)27)11-16-9-10-17(12-19(16)24)29-13-20-15(3)30-22(25-20)18-8-6-5-7-14(18)2/h5-10,12,21H,4,11,13H2,1-3H3,(H,26,27). The van der Waals surface area contributed by atoms with Crippen LogP contribution in [0.3, 0.4) is 0 Å². The highest BCUT2D eigenvalue weighted by atomic mass is 19.1. The van der Waals surface area contributed by atoms with Gasteiger partial charge in [-0.1, -0.05) is 24.3 Å². The minimum atomic E-state index is -1.12.